The van der Waals surface area contributed by atoms with Crippen molar-refractivity contribution in [3.63, 3.8) is 0 Å². The Morgan fingerprint density at radius 3 is 2.56 bits per heavy atom. The third-order valence-electron chi connectivity index (χ3n) is 7.92. The lowest BCUT2D eigenvalue weighted by Crippen LogP contribution is -2.48. The lowest BCUT2D eigenvalue weighted by atomic mass is 9.86. The van der Waals surface area contributed by atoms with Gasteiger partial charge in [0.05, 0.1) is 6.61 Å². The number of aromatic nitrogens is 1. The molecule has 1 spiro atoms. The van der Waals surface area contributed by atoms with Crippen molar-refractivity contribution in [3.05, 3.63) is 88.3 Å². The molecule has 1 aliphatic carbocycles. The number of H-pyrrole nitrogens is 1. The van der Waals surface area contributed by atoms with Crippen LogP contribution < -0.4 is 10.3 Å². The first-order valence-corrected chi connectivity index (χ1v) is 13.2. The van der Waals surface area contributed by atoms with Crippen LogP contribution in [0.25, 0.3) is 11.1 Å². The SMILES string of the molecule is C[C@@H](C1CC1)N(Cc1ccccc1)C(=O)CN1C(=O)OC2(CCOc3cc(-c4ccc(=O)[nH]c4)ccc32)C1=O. The highest BCUT2D eigenvalue weighted by atomic mass is 16.6. The summed E-state index contributed by atoms with van der Waals surface area (Å²) in [5.74, 6) is -0.00110. The molecule has 1 unspecified atom stereocenters. The third-order valence-corrected chi connectivity index (χ3v) is 7.92. The summed E-state index contributed by atoms with van der Waals surface area (Å²) >= 11 is 0. The number of hydrogen-bond acceptors (Lipinski definition) is 6. The summed E-state index contributed by atoms with van der Waals surface area (Å²) in [4.78, 5) is 57.2. The van der Waals surface area contributed by atoms with Gasteiger partial charge in [0, 0.05) is 36.8 Å². The Hall–Kier alpha value is -4.40. The molecular formula is C30H29N3O6. The number of imide groups is 1. The van der Waals surface area contributed by atoms with Crippen LogP contribution in [0.15, 0.2) is 71.7 Å². The topological polar surface area (TPSA) is 109 Å². The minimum atomic E-state index is -1.54. The molecule has 0 radical (unpaired) electrons. The average Bonchev–Trinajstić information content (AvgIpc) is 3.77. The number of nitrogens with one attached hydrogen (secondary N) is 1. The van der Waals surface area contributed by atoms with Gasteiger partial charge in [0.1, 0.15) is 12.3 Å². The molecule has 9 heteroatoms. The number of hydrogen-bond donors (Lipinski definition) is 1. The lowest BCUT2D eigenvalue weighted by Gasteiger charge is -2.32. The van der Waals surface area contributed by atoms with Crippen molar-refractivity contribution in [2.45, 2.75) is 44.4 Å². The molecule has 2 aliphatic heterocycles. The van der Waals surface area contributed by atoms with Gasteiger partial charge in [-0.3, -0.25) is 14.4 Å². The maximum Gasteiger partial charge on any atom is 0.418 e. The van der Waals surface area contributed by atoms with Gasteiger partial charge < -0.3 is 19.4 Å². The van der Waals surface area contributed by atoms with E-state index in [1.807, 2.05) is 37.3 Å². The van der Waals surface area contributed by atoms with E-state index in [9.17, 15) is 19.2 Å². The Morgan fingerprint density at radius 1 is 1.08 bits per heavy atom. The fourth-order valence-electron chi connectivity index (χ4n) is 5.50. The molecule has 3 aliphatic rings. The number of nitrogens with zero attached hydrogens (tertiary/aromatic N) is 2. The van der Waals surface area contributed by atoms with Gasteiger partial charge in [-0.1, -0.05) is 42.5 Å². The van der Waals surface area contributed by atoms with Crippen LogP contribution >= 0.6 is 0 Å². The minimum Gasteiger partial charge on any atom is -0.493 e. The van der Waals surface area contributed by atoms with Crippen molar-refractivity contribution in [1.82, 2.24) is 14.8 Å². The number of ether oxygens (including phenoxy) is 2. The van der Waals surface area contributed by atoms with Crippen molar-refractivity contribution < 1.29 is 23.9 Å². The number of benzene rings is 2. The number of rotatable bonds is 7. The molecule has 3 heterocycles. The van der Waals surface area contributed by atoms with Gasteiger partial charge in [0.25, 0.3) is 5.91 Å². The highest BCUT2D eigenvalue weighted by Crippen LogP contribution is 2.46. The molecule has 6 rings (SSSR count). The first kappa shape index (κ1) is 24.9. The molecule has 39 heavy (non-hydrogen) atoms. The molecule has 0 bridgehead atoms. The standard InChI is InChI=1S/C30H29N3O6/c1-19(21-7-8-21)32(17-20-5-3-2-4-6-20)27(35)18-33-28(36)30(39-29(33)37)13-14-38-25-15-22(9-11-24(25)30)23-10-12-26(34)31-16-23/h2-6,9-12,15-16,19,21H,7-8,13-14,17-18H2,1H3,(H,31,34)/t19-,30?/m0/s1. The Labute approximate surface area is 225 Å². The van der Waals surface area contributed by atoms with Crippen LogP contribution in [-0.4, -0.2) is 51.9 Å². The second-order valence-electron chi connectivity index (χ2n) is 10.4. The molecule has 200 valence electrons. The van der Waals surface area contributed by atoms with Gasteiger partial charge in [-0.2, -0.15) is 0 Å². The molecule has 9 nitrogen and oxygen atoms in total. The molecule has 1 saturated carbocycles. The van der Waals surface area contributed by atoms with E-state index in [4.69, 9.17) is 9.47 Å². The molecular weight excluding hydrogens is 498 g/mol. The molecule has 2 aromatic carbocycles. The maximum absolute atomic E-state index is 13.8. The van der Waals surface area contributed by atoms with E-state index in [-0.39, 0.29) is 37.1 Å². The van der Waals surface area contributed by atoms with Gasteiger partial charge in [-0.15, -0.1) is 0 Å². The van der Waals surface area contributed by atoms with Gasteiger partial charge in [-0.05, 0) is 54.5 Å². The molecule has 1 saturated heterocycles. The zero-order valence-electron chi connectivity index (χ0n) is 21.6. The van der Waals surface area contributed by atoms with E-state index in [1.54, 1.807) is 35.4 Å². The number of carbonyl (C=O) groups is 3. The van der Waals surface area contributed by atoms with Crippen LogP contribution in [0.1, 0.15) is 37.3 Å². The molecule has 1 N–H and O–H groups in total. The van der Waals surface area contributed by atoms with Crippen LogP contribution in [0, 0.1) is 5.92 Å². The molecule has 3 amide bonds. The second-order valence-corrected chi connectivity index (χ2v) is 10.4. The maximum atomic E-state index is 13.8. The highest BCUT2D eigenvalue weighted by molar-refractivity contribution is 6.06. The predicted molar refractivity (Wildman–Crippen MR) is 142 cm³/mol. The van der Waals surface area contributed by atoms with Crippen molar-refractivity contribution in [1.29, 1.82) is 0 Å². The minimum absolute atomic E-state index is 0.00413. The molecule has 2 atom stereocenters. The zero-order chi connectivity index (χ0) is 27.1. The van der Waals surface area contributed by atoms with E-state index in [1.165, 1.54) is 6.07 Å². The summed E-state index contributed by atoms with van der Waals surface area (Å²) in [6.45, 7) is 2.22. The highest BCUT2D eigenvalue weighted by Gasteiger charge is 2.58. The number of fused-ring (bicyclic) bond motifs is 2. The van der Waals surface area contributed by atoms with E-state index < -0.39 is 17.6 Å². The summed E-state index contributed by atoms with van der Waals surface area (Å²) in [6, 6.07) is 18.1. The van der Waals surface area contributed by atoms with E-state index in [0.717, 1.165) is 34.4 Å². The Balaban J connectivity index is 1.25. The van der Waals surface area contributed by atoms with Crippen molar-refractivity contribution in [3.8, 4) is 16.9 Å². The normalized spacial score (nSPS) is 20.8. The van der Waals surface area contributed by atoms with Crippen molar-refractivity contribution in [2.24, 2.45) is 5.92 Å². The van der Waals surface area contributed by atoms with E-state index in [2.05, 4.69) is 4.98 Å². The first-order chi connectivity index (χ1) is 18.9. The fourth-order valence-corrected chi connectivity index (χ4v) is 5.50. The van der Waals surface area contributed by atoms with Gasteiger partial charge in [-0.25, -0.2) is 9.69 Å². The summed E-state index contributed by atoms with van der Waals surface area (Å²) in [5, 5.41) is 0. The van der Waals surface area contributed by atoms with Crippen LogP contribution in [0.3, 0.4) is 0 Å². The molecule has 3 aromatic rings. The Morgan fingerprint density at radius 2 is 1.85 bits per heavy atom. The van der Waals surface area contributed by atoms with Crippen molar-refractivity contribution in [2.75, 3.05) is 13.2 Å². The lowest BCUT2D eigenvalue weighted by molar-refractivity contribution is -0.144. The molecule has 2 fully saturated rings. The van der Waals surface area contributed by atoms with E-state index in [0.29, 0.717) is 23.8 Å². The van der Waals surface area contributed by atoms with Gasteiger partial charge in [0.2, 0.25) is 17.1 Å². The summed E-state index contributed by atoms with van der Waals surface area (Å²) in [6.07, 6.45) is 3.04. The van der Waals surface area contributed by atoms with Crippen LogP contribution in [0.5, 0.6) is 5.75 Å². The number of amides is 3. The summed E-state index contributed by atoms with van der Waals surface area (Å²) in [5.41, 5.74) is 1.23. The first-order valence-electron chi connectivity index (χ1n) is 13.2. The van der Waals surface area contributed by atoms with Gasteiger partial charge >= 0.3 is 6.09 Å². The van der Waals surface area contributed by atoms with Crippen LogP contribution in [0.4, 0.5) is 4.79 Å². The zero-order valence-corrected chi connectivity index (χ0v) is 21.6. The van der Waals surface area contributed by atoms with E-state index >= 15 is 0 Å². The van der Waals surface area contributed by atoms with Crippen LogP contribution in [0.2, 0.25) is 0 Å². The third kappa shape index (κ3) is 4.58. The van der Waals surface area contributed by atoms with Crippen LogP contribution in [-0.2, 0) is 26.5 Å². The number of aromatic amines is 1. The predicted octanol–water partition coefficient (Wildman–Crippen LogP) is 3.83. The quantitative estimate of drug-likeness (QED) is 0.500. The monoisotopic (exact) mass is 527 g/mol. The summed E-state index contributed by atoms with van der Waals surface area (Å²) in [7, 11) is 0. The van der Waals surface area contributed by atoms with Gasteiger partial charge in [0.15, 0.2) is 0 Å². The Kier molecular flexibility index (Phi) is 6.21. The number of pyridine rings is 1. The Bertz CT molecular complexity index is 1480. The second kappa shape index (κ2) is 9.72. The summed E-state index contributed by atoms with van der Waals surface area (Å²) < 4.78 is 11.6. The fraction of sp³-hybridized carbons (Fsp3) is 0.333. The smallest absolute Gasteiger partial charge is 0.418 e. The van der Waals surface area contributed by atoms with Crippen molar-refractivity contribution >= 4 is 17.9 Å². The molecule has 1 aromatic heterocycles. The number of carbonyl (C=O) groups excluding carboxylic acids is 3. The largest absolute Gasteiger partial charge is 0.493 e. The average molecular weight is 528 g/mol.